The summed E-state index contributed by atoms with van der Waals surface area (Å²) >= 11 is 0. The third-order valence-electron chi connectivity index (χ3n) is 9.86. The number of aromatic nitrogens is 4. The van der Waals surface area contributed by atoms with Gasteiger partial charge in [0.05, 0.1) is 6.61 Å². The number of nitrogens with two attached hydrogens (primary N) is 1. The summed E-state index contributed by atoms with van der Waals surface area (Å²) in [5, 5.41) is 29.1. The Kier molecular flexibility index (Phi) is 13.3. The zero-order valence-corrected chi connectivity index (χ0v) is 29.4. The van der Waals surface area contributed by atoms with Crippen molar-refractivity contribution < 1.29 is 19.5 Å². The molecule has 0 radical (unpaired) electrons. The number of halogens is 1. The lowest BCUT2D eigenvalue weighted by Crippen LogP contribution is -2.49. The van der Waals surface area contributed by atoms with E-state index in [1.165, 1.54) is 0 Å². The highest BCUT2D eigenvalue weighted by atomic mass is 35.5. The topological polar surface area (TPSA) is 182 Å². The monoisotopic (exact) mass is 715 g/mol. The first-order valence-electron chi connectivity index (χ1n) is 17.4. The number of carbonyl (C=O) groups is 3. The predicted molar refractivity (Wildman–Crippen MR) is 197 cm³/mol. The number of nitrogens with one attached hydrogen (secondary N) is 3. The average molecular weight is 716 g/mol. The van der Waals surface area contributed by atoms with Gasteiger partial charge < -0.3 is 26.4 Å². The Morgan fingerprint density at radius 3 is 2.25 bits per heavy atom. The van der Waals surface area contributed by atoms with E-state index in [-0.39, 0.29) is 42.7 Å². The molecule has 0 unspecified atom stereocenters. The molecule has 1 saturated heterocycles. The van der Waals surface area contributed by atoms with Crippen LogP contribution in [0.4, 0.5) is 5.69 Å². The number of aliphatic hydroxyl groups excluding tert-OH is 1. The van der Waals surface area contributed by atoms with Gasteiger partial charge in [0.2, 0.25) is 11.8 Å². The SMILES string of the molecule is Cl.NCC1CCC(C(=O)N[C@@H](Cc2cccc(-c3ccc(C(=O)N4CCN(CCO)CC4)cc3)c2)C(=O)Nc2ccc(-c3nnn[nH]3)cc2)CC1. The summed E-state index contributed by atoms with van der Waals surface area (Å²) in [5.41, 5.74) is 10.6. The maximum atomic E-state index is 13.8. The second-order valence-corrected chi connectivity index (χ2v) is 13.2. The van der Waals surface area contributed by atoms with Crippen LogP contribution in [0.1, 0.15) is 41.6 Å². The van der Waals surface area contributed by atoms with E-state index in [4.69, 9.17) is 5.73 Å². The van der Waals surface area contributed by atoms with Gasteiger partial charge in [0.25, 0.3) is 5.91 Å². The molecule has 270 valence electrons. The van der Waals surface area contributed by atoms with Crippen LogP contribution in [0.25, 0.3) is 22.5 Å². The van der Waals surface area contributed by atoms with Crippen LogP contribution >= 0.6 is 12.4 Å². The normalized spacial score (nSPS) is 18.4. The minimum Gasteiger partial charge on any atom is -0.395 e. The zero-order chi connectivity index (χ0) is 34.9. The number of tetrazole rings is 1. The second kappa shape index (κ2) is 18.0. The molecule has 14 heteroatoms. The Morgan fingerprint density at radius 1 is 0.902 bits per heavy atom. The van der Waals surface area contributed by atoms with E-state index < -0.39 is 6.04 Å². The molecular weight excluding hydrogens is 670 g/mol. The molecule has 6 N–H and O–H groups in total. The van der Waals surface area contributed by atoms with Crippen molar-refractivity contribution in [3.8, 4) is 22.5 Å². The van der Waals surface area contributed by atoms with Gasteiger partial charge in [-0.2, -0.15) is 0 Å². The fraction of sp³-hybridized carbons (Fsp3) is 0.405. The molecule has 0 spiro atoms. The van der Waals surface area contributed by atoms with E-state index in [1.807, 2.05) is 65.6 Å². The molecule has 3 amide bonds. The van der Waals surface area contributed by atoms with Gasteiger partial charge in [-0.3, -0.25) is 19.3 Å². The number of piperazine rings is 1. The number of amides is 3. The quantitative estimate of drug-likeness (QED) is 0.147. The Labute approximate surface area is 303 Å². The van der Waals surface area contributed by atoms with E-state index in [0.717, 1.165) is 61.0 Å². The molecule has 0 bridgehead atoms. The molecule has 1 saturated carbocycles. The number of aromatic amines is 1. The predicted octanol–water partition coefficient (Wildman–Crippen LogP) is 3.14. The standard InChI is InChI=1S/C37H45N9O4.ClH/c38-24-25-4-6-29(7-5-25)35(48)40-33(36(49)39-32-14-12-28(13-15-32)34-41-43-44-42-34)23-26-2-1-3-31(22-26)27-8-10-30(11-9-27)37(50)46-18-16-45(17-19-46)20-21-47;/h1-3,8-15,22,25,29,33,47H,4-7,16-21,23-24,38H2,(H,39,49)(H,40,48)(H,41,42,43,44);1H/t25?,29?,33-;/m0./s1. The van der Waals surface area contributed by atoms with E-state index in [9.17, 15) is 19.5 Å². The summed E-state index contributed by atoms with van der Waals surface area (Å²) in [6, 6.07) is 21.9. The summed E-state index contributed by atoms with van der Waals surface area (Å²) < 4.78 is 0. The Balaban J connectivity index is 0.00000504. The third-order valence-corrected chi connectivity index (χ3v) is 9.86. The molecule has 51 heavy (non-hydrogen) atoms. The first-order chi connectivity index (χ1) is 24.4. The highest BCUT2D eigenvalue weighted by Crippen LogP contribution is 2.29. The molecule has 3 aromatic carbocycles. The number of anilines is 1. The lowest BCUT2D eigenvalue weighted by Gasteiger charge is -2.34. The van der Waals surface area contributed by atoms with E-state index in [0.29, 0.717) is 55.6 Å². The fourth-order valence-corrected chi connectivity index (χ4v) is 6.80. The van der Waals surface area contributed by atoms with Gasteiger partial charge in [-0.25, -0.2) is 5.10 Å². The highest BCUT2D eigenvalue weighted by molar-refractivity contribution is 5.98. The first-order valence-corrected chi connectivity index (χ1v) is 17.4. The van der Waals surface area contributed by atoms with Crippen LogP contribution in [-0.2, 0) is 16.0 Å². The van der Waals surface area contributed by atoms with Gasteiger partial charge in [-0.05, 0) is 102 Å². The summed E-state index contributed by atoms with van der Waals surface area (Å²) in [5.74, 6) is 0.386. The minimum absolute atomic E-state index is 0. The van der Waals surface area contributed by atoms with E-state index >= 15 is 0 Å². The number of aliphatic hydroxyl groups is 1. The number of hydrogen-bond donors (Lipinski definition) is 5. The van der Waals surface area contributed by atoms with Crippen LogP contribution in [0.2, 0.25) is 0 Å². The molecule has 1 aliphatic carbocycles. The molecule has 13 nitrogen and oxygen atoms in total. The molecule has 2 fully saturated rings. The van der Waals surface area contributed by atoms with Crippen molar-refractivity contribution in [1.29, 1.82) is 0 Å². The molecule has 1 atom stereocenters. The lowest BCUT2D eigenvalue weighted by molar-refractivity contribution is -0.130. The number of β-amino-alcohol motifs (C(OH)–C–C–N with tert-alkyl or cyclic N) is 1. The Hall–Kier alpha value is -4.69. The van der Waals surface area contributed by atoms with Crippen molar-refractivity contribution in [1.82, 2.24) is 35.7 Å². The molecule has 2 heterocycles. The Morgan fingerprint density at radius 2 is 1.61 bits per heavy atom. The van der Waals surface area contributed by atoms with Gasteiger partial charge in [0, 0.05) is 61.9 Å². The van der Waals surface area contributed by atoms with Crippen molar-refractivity contribution in [2.75, 3.05) is 51.2 Å². The van der Waals surface area contributed by atoms with E-state index in [2.05, 4.69) is 36.2 Å². The van der Waals surface area contributed by atoms with E-state index in [1.54, 1.807) is 12.1 Å². The van der Waals surface area contributed by atoms with Crippen molar-refractivity contribution >= 4 is 35.8 Å². The van der Waals surface area contributed by atoms with Crippen LogP contribution in [-0.4, -0.2) is 105 Å². The number of rotatable bonds is 12. The zero-order valence-electron chi connectivity index (χ0n) is 28.5. The maximum Gasteiger partial charge on any atom is 0.253 e. The highest BCUT2D eigenvalue weighted by Gasteiger charge is 2.29. The minimum atomic E-state index is -0.805. The van der Waals surface area contributed by atoms with Crippen LogP contribution in [0.15, 0.2) is 72.8 Å². The molecule has 1 aliphatic heterocycles. The summed E-state index contributed by atoms with van der Waals surface area (Å²) in [6.07, 6.45) is 3.63. The number of hydrogen-bond acceptors (Lipinski definition) is 9. The molecule has 4 aromatic rings. The lowest BCUT2D eigenvalue weighted by atomic mass is 9.81. The maximum absolute atomic E-state index is 13.8. The van der Waals surface area contributed by atoms with Crippen LogP contribution in [0.3, 0.4) is 0 Å². The Bertz CT molecular complexity index is 1720. The fourth-order valence-electron chi connectivity index (χ4n) is 6.80. The number of H-pyrrole nitrogens is 1. The van der Waals surface area contributed by atoms with Gasteiger partial charge in [0.15, 0.2) is 5.82 Å². The van der Waals surface area contributed by atoms with Gasteiger partial charge >= 0.3 is 0 Å². The number of benzene rings is 3. The second-order valence-electron chi connectivity index (χ2n) is 13.2. The van der Waals surface area contributed by atoms with Gasteiger partial charge in [0.1, 0.15) is 6.04 Å². The summed E-state index contributed by atoms with van der Waals surface area (Å²) in [6.45, 7) is 4.14. The van der Waals surface area contributed by atoms with Gasteiger partial charge in [-0.15, -0.1) is 17.5 Å². The smallest absolute Gasteiger partial charge is 0.253 e. The van der Waals surface area contributed by atoms with Crippen LogP contribution in [0.5, 0.6) is 0 Å². The largest absolute Gasteiger partial charge is 0.395 e. The van der Waals surface area contributed by atoms with Crippen molar-refractivity contribution in [3.63, 3.8) is 0 Å². The molecule has 1 aromatic heterocycles. The van der Waals surface area contributed by atoms with Crippen LogP contribution < -0.4 is 16.4 Å². The van der Waals surface area contributed by atoms with Crippen molar-refractivity contribution in [2.45, 2.75) is 38.1 Å². The molecular formula is C37H46ClN9O4. The van der Waals surface area contributed by atoms with Crippen molar-refractivity contribution in [3.05, 3.63) is 83.9 Å². The third kappa shape index (κ3) is 9.76. The summed E-state index contributed by atoms with van der Waals surface area (Å²) in [7, 11) is 0. The summed E-state index contributed by atoms with van der Waals surface area (Å²) in [4.78, 5) is 44.4. The molecule has 2 aliphatic rings. The average Bonchev–Trinajstić information content (AvgIpc) is 3.71. The van der Waals surface area contributed by atoms with Crippen molar-refractivity contribution in [2.24, 2.45) is 17.6 Å². The number of carbonyl (C=O) groups excluding carboxylic acids is 3. The van der Waals surface area contributed by atoms with Gasteiger partial charge in [-0.1, -0.05) is 36.4 Å². The first kappa shape index (κ1) is 37.6. The molecule has 6 rings (SSSR count). The number of nitrogens with zero attached hydrogens (tertiary/aromatic N) is 5. The van der Waals surface area contributed by atoms with Crippen LogP contribution in [0, 0.1) is 11.8 Å².